The fourth-order valence-corrected chi connectivity index (χ4v) is 4.20. The van der Waals surface area contributed by atoms with Crippen LogP contribution in [0.4, 0.5) is 0 Å². The topological polar surface area (TPSA) is 0 Å². The van der Waals surface area contributed by atoms with E-state index >= 15 is 0 Å². The molecular formula is C24H20. The predicted octanol–water partition coefficient (Wildman–Crippen LogP) is 6.54. The van der Waals surface area contributed by atoms with Crippen LogP contribution >= 0.6 is 0 Å². The van der Waals surface area contributed by atoms with Gasteiger partial charge in [-0.05, 0) is 75.5 Å². The Morgan fingerprint density at radius 3 is 2.25 bits per heavy atom. The summed E-state index contributed by atoms with van der Waals surface area (Å²) in [6, 6.07) is 26.9. The van der Waals surface area contributed by atoms with Crippen molar-refractivity contribution in [3.63, 3.8) is 0 Å². The summed E-state index contributed by atoms with van der Waals surface area (Å²) in [5.74, 6) is 0. The van der Waals surface area contributed by atoms with Crippen molar-refractivity contribution < 1.29 is 0 Å². The van der Waals surface area contributed by atoms with Crippen molar-refractivity contribution in [3.8, 4) is 11.1 Å². The zero-order valence-electron chi connectivity index (χ0n) is 13.8. The first kappa shape index (κ1) is 13.8. The van der Waals surface area contributed by atoms with Crippen molar-refractivity contribution in [2.24, 2.45) is 0 Å². The minimum atomic E-state index is 1.23. The van der Waals surface area contributed by atoms with E-state index in [9.17, 15) is 0 Å². The summed E-state index contributed by atoms with van der Waals surface area (Å²) in [7, 11) is 0. The normalized spacial score (nSPS) is 14.0. The van der Waals surface area contributed by atoms with Crippen LogP contribution in [-0.2, 0) is 12.8 Å². The van der Waals surface area contributed by atoms with Gasteiger partial charge in [-0.1, -0.05) is 66.7 Å². The molecule has 0 fully saturated rings. The van der Waals surface area contributed by atoms with Crippen LogP contribution in [0.2, 0.25) is 0 Å². The van der Waals surface area contributed by atoms with Crippen LogP contribution in [-0.4, -0.2) is 0 Å². The van der Waals surface area contributed by atoms with Gasteiger partial charge in [0.15, 0.2) is 0 Å². The second-order valence-electron chi connectivity index (χ2n) is 6.87. The van der Waals surface area contributed by atoms with Gasteiger partial charge in [-0.15, -0.1) is 0 Å². The van der Waals surface area contributed by atoms with E-state index in [1.165, 1.54) is 58.4 Å². The van der Waals surface area contributed by atoms with Crippen molar-refractivity contribution >= 4 is 21.5 Å². The summed E-state index contributed by atoms with van der Waals surface area (Å²) in [4.78, 5) is 0. The molecule has 0 N–H and O–H groups in total. The second-order valence-corrected chi connectivity index (χ2v) is 6.87. The Bertz CT molecular complexity index is 1040. The van der Waals surface area contributed by atoms with E-state index in [1.54, 1.807) is 11.1 Å². The molecule has 0 heteroatoms. The van der Waals surface area contributed by atoms with Gasteiger partial charge in [0.25, 0.3) is 0 Å². The van der Waals surface area contributed by atoms with Crippen LogP contribution in [0, 0.1) is 0 Å². The fraction of sp³-hybridized carbons (Fsp3) is 0.167. The summed E-state index contributed by atoms with van der Waals surface area (Å²) in [5, 5.41) is 5.58. The first-order chi connectivity index (χ1) is 11.9. The van der Waals surface area contributed by atoms with E-state index in [4.69, 9.17) is 0 Å². The Balaban J connectivity index is 1.80. The van der Waals surface area contributed by atoms with E-state index in [2.05, 4.69) is 72.8 Å². The molecule has 0 bridgehead atoms. The highest BCUT2D eigenvalue weighted by atomic mass is 14.2. The number of fused-ring (bicyclic) bond motifs is 5. The molecule has 0 spiro atoms. The van der Waals surface area contributed by atoms with Gasteiger partial charge in [-0.25, -0.2) is 0 Å². The summed E-state index contributed by atoms with van der Waals surface area (Å²) < 4.78 is 0. The highest BCUT2D eigenvalue weighted by Gasteiger charge is 2.13. The van der Waals surface area contributed by atoms with E-state index < -0.39 is 0 Å². The Morgan fingerprint density at radius 1 is 0.542 bits per heavy atom. The van der Waals surface area contributed by atoms with Crippen LogP contribution in [0.5, 0.6) is 0 Å². The molecule has 0 nitrogen and oxygen atoms in total. The minimum Gasteiger partial charge on any atom is -0.0622 e. The first-order valence-corrected chi connectivity index (χ1v) is 8.93. The zero-order valence-corrected chi connectivity index (χ0v) is 13.8. The molecule has 0 unspecified atom stereocenters. The van der Waals surface area contributed by atoms with Gasteiger partial charge >= 0.3 is 0 Å². The summed E-state index contributed by atoms with van der Waals surface area (Å²) in [5.41, 5.74) is 5.74. The van der Waals surface area contributed by atoms with E-state index in [0.29, 0.717) is 0 Å². The lowest BCUT2D eigenvalue weighted by Gasteiger charge is -2.19. The van der Waals surface area contributed by atoms with Crippen molar-refractivity contribution in [2.75, 3.05) is 0 Å². The van der Waals surface area contributed by atoms with Gasteiger partial charge in [0.2, 0.25) is 0 Å². The van der Waals surface area contributed by atoms with Crippen molar-refractivity contribution in [2.45, 2.75) is 25.7 Å². The summed E-state index contributed by atoms with van der Waals surface area (Å²) in [6.45, 7) is 0. The molecule has 0 heterocycles. The van der Waals surface area contributed by atoms with Crippen molar-refractivity contribution in [3.05, 3.63) is 83.9 Å². The molecule has 24 heavy (non-hydrogen) atoms. The van der Waals surface area contributed by atoms with E-state index in [1.807, 2.05) is 0 Å². The average molecular weight is 308 g/mol. The van der Waals surface area contributed by atoms with Gasteiger partial charge in [0.1, 0.15) is 0 Å². The highest BCUT2D eigenvalue weighted by Crippen LogP contribution is 2.35. The predicted molar refractivity (Wildman–Crippen MR) is 104 cm³/mol. The molecule has 0 aromatic heterocycles. The van der Waals surface area contributed by atoms with Gasteiger partial charge in [-0.3, -0.25) is 0 Å². The standard InChI is InChI=1S/C24H20/c1-2-6-17(7-3-1)20-11-10-19-13-14-22-21-9-5-4-8-18(21)12-15-23(22)24(19)16-20/h1-3,6-7,10-16H,4-5,8-9H2. The largest absolute Gasteiger partial charge is 0.0622 e. The third kappa shape index (κ3) is 2.14. The quantitative estimate of drug-likeness (QED) is 0.350. The lowest BCUT2D eigenvalue weighted by molar-refractivity contribution is 0.690. The molecule has 116 valence electrons. The Hall–Kier alpha value is -2.60. The smallest absolute Gasteiger partial charge is 0.00991 e. The van der Waals surface area contributed by atoms with Crippen LogP contribution in [0.1, 0.15) is 24.0 Å². The van der Waals surface area contributed by atoms with Crippen LogP contribution < -0.4 is 0 Å². The van der Waals surface area contributed by atoms with Gasteiger partial charge < -0.3 is 0 Å². The number of hydrogen-bond donors (Lipinski definition) is 0. The molecule has 0 aliphatic heterocycles. The molecule has 1 aliphatic rings. The van der Waals surface area contributed by atoms with Gasteiger partial charge in [-0.2, -0.15) is 0 Å². The van der Waals surface area contributed by atoms with E-state index in [-0.39, 0.29) is 0 Å². The minimum absolute atomic E-state index is 1.23. The molecule has 0 saturated carbocycles. The number of aryl methyl sites for hydroxylation is 2. The fourth-order valence-electron chi connectivity index (χ4n) is 4.20. The Morgan fingerprint density at radius 2 is 1.33 bits per heavy atom. The maximum absolute atomic E-state index is 2.37. The Labute approximate surface area is 142 Å². The molecule has 0 radical (unpaired) electrons. The average Bonchev–Trinajstić information content (AvgIpc) is 2.67. The van der Waals surface area contributed by atoms with Crippen LogP contribution in [0.25, 0.3) is 32.7 Å². The third-order valence-electron chi connectivity index (χ3n) is 5.46. The lowest BCUT2D eigenvalue weighted by Crippen LogP contribution is -2.03. The van der Waals surface area contributed by atoms with Gasteiger partial charge in [0.05, 0.1) is 0 Å². The monoisotopic (exact) mass is 308 g/mol. The molecule has 0 saturated heterocycles. The summed E-state index contributed by atoms with van der Waals surface area (Å²) >= 11 is 0. The highest BCUT2D eigenvalue weighted by molar-refractivity contribution is 6.10. The Kier molecular flexibility index (Phi) is 3.16. The number of rotatable bonds is 1. The van der Waals surface area contributed by atoms with Crippen LogP contribution in [0.15, 0.2) is 72.8 Å². The molecule has 0 atom stereocenters. The maximum atomic E-state index is 2.37. The molecule has 4 aromatic carbocycles. The summed E-state index contributed by atoms with van der Waals surface area (Å²) in [6.07, 6.45) is 5.14. The number of hydrogen-bond acceptors (Lipinski definition) is 0. The van der Waals surface area contributed by atoms with Crippen molar-refractivity contribution in [1.82, 2.24) is 0 Å². The molecule has 0 amide bonds. The molecule has 5 rings (SSSR count). The van der Waals surface area contributed by atoms with Gasteiger partial charge in [0, 0.05) is 0 Å². The molecular weight excluding hydrogens is 288 g/mol. The maximum Gasteiger partial charge on any atom is -0.00991 e. The molecule has 1 aliphatic carbocycles. The third-order valence-corrected chi connectivity index (χ3v) is 5.46. The van der Waals surface area contributed by atoms with Crippen LogP contribution in [0.3, 0.4) is 0 Å². The lowest BCUT2D eigenvalue weighted by atomic mass is 9.86. The first-order valence-electron chi connectivity index (χ1n) is 8.93. The van der Waals surface area contributed by atoms with E-state index in [0.717, 1.165) is 0 Å². The van der Waals surface area contributed by atoms with Crippen molar-refractivity contribution in [1.29, 1.82) is 0 Å². The second kappa shape index (κ2) is 5.49. The number of benzene rings is 4. The zero-order chi connectivity index (χ0) is 15.9. The SMILES string of the molecule is c1ccc(-c2ccc3ccc4c5c(ccc4c3c2)CCCC5)cc1. The molecule has 4 aromatic rings.